The summed E-state index contributed by atoms with van der Waals surface area (Å²) in [6.45, 7) is 8.33. The highest BCUT2D eigenvalue weighted by Crippen LogP contribution is 2.34. The van der Waals surface area contributed by atoms with Crippen molar-refractivity contribution in [1.82, 2.24) is 0 Å². The fraction of sp³-hybridized carbons (Fsp3) is 0.321. The highest BCUT2D eigenvalue weighted by molar-refractivity contribution is 7.18. The van der Waals surface area contributed by atoms with Crippen molar-refractivity contribution in [3.8, 4) is 6.19 Å². The van der Waals surface area contributed by atoms with Crippen molar-refractivity contribution in [2.75, 3.05) is 21.7 Å². The highest BCUT2D eigenvalue weighted by atomic mass is 35.5. The number of halogens is 1. The lowest BCUT2D eigenvalue weighted by Gasteiger charge is -2.19. The molecule has 2 aromatic carbocycles. The molecule has 0 bridgehead atoms. The summed E-state index contributed by atoms with van der Waals surface area (Å²) >= 11 is 7.14. The number of nitriles is 1. The smallest absolute Gasteiger partial charge is 0.265 e. The second-order valence-electron chi connectivity index (χ2n) is 9.57. The van der Waals surface area contributed by atoms with Crippen LogP contribution >= 0.6 is 22.9 Å². The molecule has 0 fully saturated rings. The van der Waals surface area contributed by atoms with Gasteiger partial charge in [-0.2, -0.15) is 5.26 Å². The molecule has 2 heterocycles. The molecule has 0 atom stereocenters. The Hall–Kier alpha value is -3.38. The summed E-state index contributed by atoms with van der Waals surface area (Å²) in [6, 6.07) is 16.1. The average molecular weight is 539 g/mol. The molecule has 0 unspecified atom stereocenters. The number of anilines is 3. The van der Waals surface area contributed by atoms with Gasteiger partial charge < -0.3 is 15.3 Å². The van der Waals surface area contributed by atoms with Crippen molar-refractivity contribution < 1.29 is 14.7 Å². The Bertz CT molecular complexity index is 1290. The summed E-state index contributed by atoms with van der Waals surface area (Å²) in [4.78, 5) is 29.5. The number of nitrogens with one attached hydrogen (secondary N) is 1. The topological polar surface area (TPSA) is 96.7 Å². The first-order valence-electron chi connectivity index (χ1n) is 12.0. The number of benzene rings is 2. The maximum absolute atomic E-state index is 13.1. The predicted molar refractivity (Wildman–Crippen MR) is 151 cm³/mol. The summed E-state index contributed by atoms with van der Waals surface area (Å²) in [7, 11) is 0. The molecule has 1 aromatic heterocycles. The second-order valence-corrected chi connectivity index (χ2v) is 11.3. The van der Waals surface area contributed by atoms with Gasteiger partial charge in [-0.1, -0.05) is 31.0 Å². The number of fused-ring (bicyclic) bond motifs is 1. The van der Waals surface area contributed by atoms with Gasteiger partial charge in [-0.15, -0.1) is 11.3 Å². The molecule has 0 radical (unpaired) electrons. The van der Waals surface area contributed by atoms with Crippen molar-refractivity contribution in [3.63, 3.8) is 0 Å². The Morgan fingerprint density at radius 3 is 2.43 bits per heavy atom. The number of thiophene rings is 1. The van der Waals surface area contributed by atoms with E-state index in [4.69, 9.17) is 16.7 Å². The third-order valence-electron chi connectivity index (χ3n) is 5.34. The summed E-state index contributed by atoms with van der Waals surface area (Å²) in [5.74, 6) is -0.375. The fourth-order valence-corrected chi connectivity index (χ4v) is 4.58. The molecule has 9 heteroatoms. The molecule has 2 amide bonds. The average Bonchev–Trinajstić information content (AvgIpc) is 3.43. The minimum Gasteiger partial charge on any atom is -0.391 e. The van der Waals surface area contributed by atoms with Crippen LogP contribution < -0.4 is 15.1 Å². The number of carbonyl (C=O) groups is 2. The monoisotopic (exact) mass is 538 g/mol. The van der Waals surface area contributed by atoms with Crippen LogP contribution in [0.25, 0.3) is 0 Å². The van der Waals surface area contributed by atoms with E-state index in [1.165, 1.54) is 11.3 Å². The van der Waals surface area contributed by atoms with Crippen LogP contribution in [0, 0.1) is 11.5 Å². The Kier molecular flexibility index (Phi) is 9.33. The molecule has 4 rings (SSSR count). The first-order chi connectivity index (χ1) is 17.5. The maximum atomic E-state index is 13.1. The number of unbranched alkanes of at least 4 members (excludes halogenated alkanes) is 1. The summed E-state index contributed by atoms with van der Waals surface area (Å²) in [5, 5.41) is 20.8. The van der Waals surface area contributed by atoms with Gasteiger partial charge in [0.25, 0.3) is 11.8 Å². The van der Waals surface area contributed by atoms with Crippen LogP contribution in [0.1, 0.15) is 66.1 Å². The molecule has 37 heavy (non-hydrogen) atoms. The first kappa shape index (κ1) is 28.2. The molecule has 0 aliphatic carbocycles. The van der Waals surface area contributed by atoms with E-state index in [1.54, 1.807) is 60.9 Å². The lowest BCUT2D eigenvalue weighted by molar-refractivity contribution is 0.0993. The Balaban J connectivity index is 0.000000695. The maximum Gasteiger partial charge on any atom is 0.265 e. The minimum absolute atomic E-state index is 0.119. The van der Waals surface area contributed by atoms with Crippen LogP contribution in [0.5, 0.6) is 0 Å². The second kappa shape index (κ2) is 12.2. The zero-order valence-electron chi connectivity index (χ0n) is 21.4. The van der Waals surface area contributed by atoms with Crippen molar-refractivity contribution in [2.24, 2.45) is 0 Å². The van der Waals surface area contributed by atoms with Crippen molar-refractivity contribution >= 4 is 51.8 Å². The molecule has 0 saturated carbocycles. The van der Waals surface area contributed by atoms with Crippen molar-refractivity contribution in [2.45, 2.75) is 52.7 Å². The van der Waals surface area contributed by atoms with E-state index in [-0.39, 0.29) is 11.8 Å². The Morgan fingerprint density at radius 1 is 1.19 bits per heavy atom. The van der Waals surface area contributed by atoms with Crippen LogP contribution in [0.2, 0.25) is 4.34 Å². The SMILES string of the molecule is CC(C)(C)O.CCCCN(C#N)c1ccc(N2Cc3c(NC(=O)c4ccc(Cl)s4)cccc3C2=O)cc1. The predicted octanol–water partition coefficient (Wildman–Crippen LogP) is 6.68. The first-order valence-corrected chi connectivity index (χ1v) is 13.2. The third kappa shape index (κ3) is 7.56. The van der Waals surface area contributed by atoms with Gasteiger partial charge >= 0.3 is 0 Å². The zero-order chi connectivity index (χ0) is 27.2. The largest absolute Gasteiger partial charge is 0.391 e. The van der Waals surface area contributed by atoms with Crippen LogP contribution in [-0.2, 0) is 6.54 Å². The van der Waals surface area contributed by atoms with Crippen molar-refractivity contribution in [1.29, 1.82) is 5.26 Å². The van der Waals surface area contributed by atoms with Gasteiger partial charge in [0.05, 0.1) is 27.0 Å². The number of hydrogen-bond acceptors (Lipinski definition) is 6. The van der Waals surface area contributed by atoms with E-state index in [0.29, 0.717) is 33.6 Å². The highest BCUT2D eigenvalue weighted by Gasteiger charge is 2.31. The van der Waals surface area contributed by atoms with Crippen LogP contribution in [-0.4, -0.2) is 29.1 Å². The molecule has 3 aromatic rings. The molecule has 2 N–H and O–H groups in total. The van der Waals surface area contributed by atoms with Gasteiger partial charge in [-0.25, -0.2) is 0 Å². The van der Waals surface area contributed by atoms with E-state index in [2.05, 4.69) is 18.4 Å². The summed E-state index contributed by atoms with van der Waals surface area (Å²) in [6.07, 6.45) is 4.15. The van der Waals surface area contributed by atoms with E-state index in [0.717, 1.165) is 29.8 Å². The number of aliphatic hydroxyl groups is 1. The summed E-state index contributed by atoms with van der Waals surface area (Å²) in [5.41, 5.74) is 3.00. The molecular formula is C28H31ClN4O3S. The van der Waals surface area contributed by atoms with Gasteiger partial charge in [0, 0.05) is 29.0 Å². The van der Waals surface area contributed by atoms with Crippen LogP contribution in [0.15, 0.2) is 54.6 Å². The van der Waals surface area contributed by atoms with Crippen LogP contribution in [0.4, 0.5) is 17.1 Å². The van der Waals surface area contributed by atoms with Crippen LogP contribution in [0.3, 0.4) is 0 Å². The van der Waals surface area contributed by atoms with E-state index < -0.39 is 5.60 Å². The van der Waals surface area contributed by atoms with Gasteiger partial charge in [0.1, 0.15) is 0 Å². The third-order valence-corrected chi connectivity index (χ3v) is 6.57. The van der Waals surface area contributed by atoms with E-state index in [9.17, 15) is 14.9 Å². The molecular weight excluding hydrogens is 508 g/mol. The molecule has 0 spiro atoms. The van der Waals surface area contributed by atoms with Gasteiger partial charge in [-0.3, -0.25) is 14.5 Å². The molecule has 1 aliphatic heterocycles. The summed E-state index contributed by atoms with van der Waals surface area (Å²) < 4.78 is 0.544. The zero-order valence-corrected chi connectivity index (χ0v) is 23.0. The number of hydrogen-bond donors (Lipinski definition) is 2. The Morgan fingerprint density at radius 2 is 1.86 bits per heavy atom. The van der Waals surface area contributed by atoms with Gasteiger partial charge in [0.2, 0.25) is 0 Å². The molecule has 0 saturated heterocycles. The lowest BCUT2D eigenvalue weighted by Crippen LogP contribution is -2.23. The lowest BCUT2D eigenvalue weighted by atomic mass is 10.1. The van der Waals surface area contributed by atoms with Crippen molar-refractivity contribution in [3.05, 3.63) is 74.9 Å². The number of nitrogens with zero attached hydrogens (tertiary/aromatic N) is 3. The Labute approximate surface area is 226 Å². The molecule has 1 aliphatic rings. The van der Waals surface area contributed by atoms with Gasteiger partial charge in [0.15, 0.2) is 6.19 Å². The quantitative estimate of drug-likeness (QED) is 0.258. The van der Waals surface area contributed by atoms with E-state index >= 15 is 0 Å². The normalized spacial score (nSPS) is 12.4. The van der Waals surface area contributed by atoms with E-state index in [1.807, 2.05) is 24.3 Å². The standard InChI is InChI=1S/C24H21ClN4O2S.C4H10O/c1-2-3-13-28(15-26)16-7-9-17(10-8-16)29-14-19-18(24(29)31)5-4-6-20(19)27-23(30)21-11-12-22(25)32-21;1-4(2,3)5/h4-12H,2-3,13-14H2,1H3,(H,27,30);5H,1-3H3. The number of rotatable bonds is 7. The number of carbonyl (C=O) groups excluding carboxylic acids is 2. The molecule has 194 valence electrons. The fourth-order valence-electron chi connectivity index (χ4n) is 3.64. The number of amides is 2. The minimum atomic E-state index is -0.500. The molecule has 7 nitrogen and oxygen atoms in total. The van der Waals surface area contributed by atoms with Gasteiger partial charge in [-0.05, 0) is 75.7 Å².